The summed E-state index contributed by atoms with van der Waals surface area (Å²) < 4.78 is 135. The van der Waals surface area contributed by atoms with E-state index in [1.807, 2.05) is 0 Å². The first kappa shape index (κ1) is 19.7. The third kappa shape index (κ3) is 1.85. The summed E-state index contributed by atoms with van der Waals surface area (Å²) in [4.78, 5) is 0. The van der Waals surface area contributed by atoms with E-state index < -0.39 is 68.7 Å². The third-order valence-electron chi connectivity index (χ3n) is 5.33. The monoisotopic (exact) mass is 388 g/mol. The van der Waals surface area contributed by atoms with Crippen LogP contribution in [0.4, 0.5) is 35.1 Å². The van der Waals surface area contributed by atoms with Crippen LogP contribution in [-0.4, -0.2) is 48.0 Å². The lowest BCUT2D eigenvalue weighted by Gasteiger charge is -2.43. The van der Waals surface area contributed by atoms with Crippen molar-refractivity contribution in [2.24, 2.45) is 0 Å². The number of fused-ring (bicyclic) bond motifs is 1. The zero-order valence-corrected chi connectivity index (χ0v) is 13.5. The van der Waals surface area contributed by atoms with Gasteiger partial charge in [0, 0.05) is 6.42 Å². The fourth-order valence-corrected chi connectivity index (χ4v) is 5.48. The van der Waals surface area contributed by atoms with Gasteiger partial charge in [-0.05, 0) is 26.2 Å². The van der Waals surface area contributed by atoms with Crippen LogP contribution in [0.3, 0.4) is 0 Å². The second-order valence-corrected chi connectivity index (χ2v) is 9.15. The minimum absolute atomic E-state index is 0.0155. The van der Waals surface area contributed by atoms with Crippen LogP contribution >= 0.6 is 0 Å². The Kier molecular flexibility index (Phi) is 4.08. The molecule has 24 heavy (non-hydrogen) atoms. The minimum Gasteiger partial charge on any atom is -0.233 e. The average Bonchev–Trinajstić information content (AvgIpc) is 2.53. The normalized spacial score (nSPS) is 41.7. The van der Waals surface area contributed by atoms with Crippen LogP contribution in [0.2, 0.25) is 0 Å². The molecule has 0 heterocycles. The maximum absolute atomic E-state index is 14.7. The predicted octanol–water partition coefficient (Wildman–Crippen LogP) is 4.09. The van der Waals surface area contributed by atoms with Crippen LogP contribution in [0.1, 0.15) is 39.5 Å². The quantitative estimate of drug-likeness (QED) is 0.683. The van der Waals surface area contributed by atoms with Crippen LogP contribution in [-0.2, 0) is 9.84 Å². The molecule has 142 valence electrons. The van der Waals surface area contributed by atoms with Crippen LogP contribution < -0.4 is 0 Å². The van der Waals surface area contributed by atoms with Gasteiger partial charge in [0.25, 0.3) is 0 Å². The van der Waals surface area contributed by atoms with Gasteiger partial charge in [-0.15, -0.1) is 0 Å². The molecule has 2 saturated carbocycles. The van der Waals surface area contributed by atoms with E-state index in [2.05, 4.69) is 0 Å². The summed E-state index contributed by atoms with van der Waals surface area (Å²) in [5, 5.41) is -3.06. The lowest BCUT2D eigenvalue weighted by atomic mass is 9.74. The highest BCUT2D eigenvalue weighted by Gasteiger charge is 2.99. The lowest BCUT2D eigenvalue weighted by Crippen LogP contribution is -2.62. The Hall–Kier alpha value is -0.610. The highest BCUT2D eigenvalue weighted by atomic mass is 32.2. The first-order chi connectivity index (χ1) is 10.5. The van der Waals surface area contributed by atoms with Gasteiger partial charge in [-0.2, -0.15) is 26.3 Å². The van der Waals surface area contributed by atoms with E-state index in [-0.39, 0.29) is 6.42 Å². The number of sulfone groups is 1. The third-order valence-corrected chi connectivity index (χ3v) is 8.12. The van der Waals surface area contributed by atoms with E-state index in [9.17, 15) is 43.5 Å². The Bertz CT molecular complexity index is 634. The maximum atomic E-state index is 14.7. The molecule has 2 rings (SSSR count). The summed E-state index contributed by atoms with van der Waals surface area (Å²) in [6.07, 6.45) is -4.59. The Morgan fingerprint density at radius 1 is 0.917 bits per heavy atom. The molecule has 4 unspecified atom stereocenters. The summed E-state index contributed by atoms with van der Waals surface area (Å²) in [5.41, 5.74) is -9.81. The van der Waals surface area contributed by atoms with Crippen molar-refractivity contribution in [3.8, 4) is 0 Å². The zero-order valence-electron chi connectivity index (χ0n) is 12.7. The maximum Gasteiger partial charge on any atom is 0.378 e. The number of hydrogen-bond donors (Lipinski definition) is 0. The SMILES string of the molecule is CCC(C)S(=O)(=O)C1CCC2(F)C(F)(F)C(F)(F)C(F)(F)C2(F)C1. The summed E-state index contributed by atoms with van der Waals surface area (Å²) in [5.74, 6) is -18.3. The van der Waals surface area contributed by atoms with Crippen molar-refractivity contribution in [2.45, 2.75) is 79.1 Å². The Morgan fingerprint density at radius 3 is 1.83 bits per heavy atom. The van der Waals surface area contributed by atoms with Crippen molar-refractivity contribution < 1.29 is 43.5 Å². The van der Waals surface area contributed by atoms with Gasteiger partial charge in [-0.1, -0.05) is 6.92 Å². The lowest BCUT2D eigenvalue weighted by molar-refractivity contribution is -0.292. The Morgan fingerprint density at radius 2 is 1.38 bits per heavy atom. The van der Waals surface area contributed by atoms with Crippen molar-refractivity contribution in [1.29, 1.82) is 0 Å². The summed E-state index contributed by atoms with van der Waals surface area (Å²) in [6.45, 7) is 2.62. The second kappa shape index (κ2) is 4.97. The van der Waals surface area contributed by atoms with Gasteiger partial charge < -0.3 is 0 Å². The number of rotatable bonds is 3. The van der Waals surface area contributed by atoms with Gasteiger partial charge in [0.15, 0.2) is 9.84 Å². The van der Waals surface area contributed by atoms with Crippen LogP contribution in [0.15, 0.2) is 0 Å². The molecule has 2 aliphatic rings. The molecule has 0 radical (unpaired) electrons. The standard InChI is InChI=1S/C13H16F8O2S/c1-3-7(2)24(22,23)8-4-5-9(14)10(15,6-8)12(18,19)13(20,21)11(9,16)17/h7-8H,3-6H2,1-2H3. The molecule has 0 N–H and O–H groups in total. The molecule has 0 amide bonds. The smallest absolute Gasteiger partial charge is 0.233 e. The van der Waals surface area contributed by atoms with Crippen LogP contribution in [0, 0.1) is 0 Å². The number of alkyl halides is 8. The van der Waals surface area contributed by atoms with Gasteiger partial charge in [0.1, 0.15) is 0 Å². The molecule has 0 spiro atoms. The van der Waals surface area contributed by atoms with Gasteiger partial charge in [-0.25, -0.2) is 17.2 Å². The molecule has 11 heteroatoms. The minimum atomic E-state index is -6.27. The molecular formula is C13H16F8O2S. The van der Waals surface area contributed by atoms with Crippen molar-refractivity contribution in [1.82, 2.24) is 0 Å². The van der Waals surface area contributed by atoms with Crippen molar-refractivity contribution in [3.63, 3.8) is 0 Å². The van der Waals surface area contributed by atoms with Gasteiger partial charge in [-0.3, -0.25) is 0 Å². The largest absolute Gasteiger partial charge is 0.378 e. The Balaban J connectivity index is 2.57. The molecule has 0 saturated heterocycles. The Labute approximate surface area is 133 Å². The van der Waals surface area contributed by atoms with Gasteiger partial charge >= 0.3 is 17.8 Å². The van der Waals surface area contributed by atoms with E-state index in [0.717, 1.165) is 0 Å². The van der Waals surface area contributed by atoms with Gasteiger partial charge in [0.2, 0.25) is 11.3 Å². The first-order valence-electron chi connectivity index (χ1n) is 7.28. The van der Waals surface area contributed by atoms with E-state index in [1.54, 1.807) is 0 Å². The van der Waals surface area contributed by atoms with Crippen LogP contribution in [0.5, 0.6) is 0 Å². The molecule has 0 aromatic carbocycles. The molecule has 4 atom stereocenters. The molecular weight excluding hydrogens is 372 g/mol. The number of hydrogen-bond acceptors (Lipinski definition) is 2. The summed E-state index contributed by atoms with van der Waals surface area (Å²) in [7, 11) is -4.27. The van der Waals surface area contributed by atoms with Gasteiger partial charge in [0.05, 0.1) is 10.5 Å². The molecule has 0 aliphatic heterocycles. The fourth-order valence-electron chi connectivity index (χ4n) is 3.45. The topological polar surface area (TPSA) is 34.1 Å². The van der Waals surface area contributed by atoms with E-state index >= 15 is 0 Å². The highest BCUT2D eigenvalue weighted by Crippen LogP contribution is 2.72. The highest BCUT2D eigenvalue weighted by molar-refractivity contribution is 7.92. The molecule has 0 bridgehead atoms. The first-order valence-corrected chi connectivity index (χ1v) is 8.89. The van der Waals surface area contributed by atoms with Crippen molar-refractivity contribution in [3.05, 3.63) is 0 Å². The van der Waals surface area contributed by atoms with Crippen LogP contribution in [0.25, 0.3) is 0 Å². The number of halogens is 8. The average molecular weight is 388 g/mol. The zero-order chi connectivity index (χ0) is 19.0. The second-order valence-electron chi connectivity index (χ2n) is 6.50. The van der Waals surface area contributed by atoms with Crippen molar-refractivity contribution >= 4 is 9.84 Å². The predicted molar refractivity (Wildman–Crippen MR) is 68.8 cm³/mol. The summed E-state index contributed by atoms with van der Waals surface area (Å²) in [6, 6.07) is 0. The molecule has 2 nitrogen and oxygen atoms in total. The molecule has 2 fully saturated rings. The van der Waals surface area contributed by atoms with E-state index in [4.69, 9.17) is 0 Å². The van der Waals surface area contributed by atoms with Crippen molar-refractivity contribution in [2.75, 3.05) is 0 Å². The summed E-state index contributed by atoms with van der Waals surface area (Å²) >= 11 is 0. The fraction of sp³-hybridized carbons (Fsp3) is 1.00. The molecule has 0 aromatic rings. The van der Waals surface area contributed by atoms with E-state index in [1.165, 1.54) is 13.8 Å². The molecule has 2 aliphatic carbocycles. The van der Waals surface area contributed by atoms with E-state index in [0.29, 0.717) is 0 Å². The molecule has 0 aromatic heterocycles.